The van der Waals surface area contributed by atoms with E-state index in [0.29, 0.717) is 17.6 Å². The zero-order valence-corrected chi connectivity index (χ0v) is 11.9. The highest BCUT2D eigenvalue weighted by Crippen LogP contribution is 2.37. The maximum Gasteiger partial charge on any atom is 0.238 e. The van der Waals surface area contributed by atoms with Gasteiger partial charge in [-0.05, 0) is 37.0 Å². The van der Waals surface area contributed by atoms with Crippen molar-refractivity contribution >= 4 is 17.5 Å². The molecule has 0 bridgehead atoms. The van der Waals surface area contributed by atoms with Crippen molar-refractivity contribution < 1.29 is 4.79 Å². The zero-order valence-electron chi connectivity index (χ0n) is 11.1. The number of halogens is 1. The maximum absolute atomic E-state index is 12.1. The third kappa shape index (κ3) is 2.77. The molecule has 0 spiro atoms. The second-order valence-corrected chi connectivity index (χ2v) is 6.10. The summed E-state index contributed by atoms with van der Waals surface area (Å²) in [7, 11) is 0. The van der Waals surface area contributed by atoms with Gasteiger partial charge in [0.2, 0.25) is 5.91 Å². The lowest BCUT2D eigenvalue weighted by Gasteiger charge is -2.31. The Morgan fingerprint density at radius 3 is 2.95 bits per heavy atom. The average Bonchev–Trinajstić information content (AvgIpc) is 3.09. The first-order chi connectivity index (χ1) is 9.15. The summed E-state index contributed by atoms with van der Waals surface area (Å²) in [5.74, 6) is 1.02. The van der Waals surface area contributed by atoms with Gasteiger partial charge in [0, 0.05) is 11.1 Å². The first kappa shape index (κ1) is 12.9. The van der Waals surface area contributed by atoms with Crippen molar-refractivity contribution in [3.05, 3.63) is 34.9 Å². The van der Waals surface area contributed by atoms with Crippen LogP contribution in [0.4, 0.5) is 0 Å². The van der Waals surface area contributed by atoms with Gasteiger partial charge in [0.1, 0.15) is 6.17 Å². The van der Waals surface area contributed by atoms with E-state index in [1.54, 1.807) is 0 Å². The van der Waals surface area contributed by atoms with E-state index in [2.05, 4.69) is 12.2 Å². The molecule has 1 saturated carbocycles. The first-order valence-electron chi connectivity index (χ1n) is 6.95. The molecule has 1 aromatic carbocycles. The zero-order chi connectivity index (χ0) is 13.4. The molecule has 0 aromatic heterocycles. The summed E-state index contributed by atoms with van der Waals surface area (Å²) in [5.41, 5.74) is 1.07. The highest BCUT2D eigenvalue weighted by Gasteiger charge is 2.37. The van der Waals surface area contributed by atoms with Crippen LogP contribution in [-0.2, 0) is 4.79 Å². The summed E-state index contributed by atoms with van der Waals surface area (Å²) >= 11 is 6.05. The molecule has 1 heterocycles. The quantitative estimate of drug-likeness (QED) is 0.918. The van der Waals surface area contributed by atoms with Crippen molar-refractivity contribution in [2.75, 3.05) is 6.54 Å². The molecule has 2 fully saturated rings. The molecule has 102 valence electrons. The van der Waals surface area contributed by atoms with Crippen LogP contribution in [0.25, 0.3) is 0 Å². The highest BCUT2D eigenvalue weighted by molar-refractivity contribution is 6.30. The Balaban J connectivity index is 1.80. The molecule has 19 heavy (non-hydrogen) atoms. The van der Waals surface area contributed by atoms with E-state index in [-0.39, 0.29) is 12.1 Å². The van der Waals surface area contributed by atoms with Crippen molar-refractivity contribution in [2.24, 2.45) is 5.92 Å². The SMILES string of the molecule is CC(CC1CC1)N1C(=O)CNC1c1cccc(Cl)c1. The van der Waals surface area contributed by atoms with Crippen LogP contribution in [0.1, 0.15) is 37.9 Å². The van der Waals surface area contributed by atoms with E-state index in [9.17, 15) is 4.79 Å². The topological polar surface area (TPSA) is 32.3 Å². The van der Waals surface area contributed by atoms with Crippen LogP contribution in [0.2, 0.25) is 5.02 Å². The normalized spacial score (nSPS) is 24.8. The van der Waals surface area contributed by atoms with Crippen molar-refractivity contribution in [3.63, 3.8) is 0 Å². The lowest BCUT2D eigenvalue weighted by atomic mass is 10.1. The summed E-state index contributed by atoms with van der Waals surface area (Å²) in [6.07, 6.45) is 3.73. The predicted molar refractivity (Wildman–Crippen MR) is 75.8 cm³/mol. The monoisotopic (exact) mass is 278 g/mol. The van der Waals surface area contributed by atoms with Gasteiger partial charge in [0.05, 0.1) is 6.54 Å². The number of carbonyl (C=O) groups is 1. The third-order valence-electron chi connectivity index (χ3n) is 4.02. The highest BCUT2D eigenvalue weighted by atomic mass is 35.5. The predicted octanol–water partition coefficient (Wildman–Crippen LogP) is 2.96. The molecule has 2 unspecified atom stereocenters. The summed E-state index contributed by atoms with van der Waals surface area (Å²) in [4.78, 5) is 14.1. The van der Waals surface area contributed by atoms with E-state index in [1.165, 1.54) is 12.8 Å². The Kier molecular flexibility index (Phi) is 3.50. The average molecular weight is 279 g/mol. The molecule has 1 amide bonds. The third-order valence-corrected chi connectivity index (χ3v) is 4.26. The molecule has 2 atom stereocenters. The summed E-state index contributed by atoms with van der Waals surface area (Å²) < 4.78 is 0. The number of benzene rings is 1. The number of amides is 1. The van der Waals surface area contributed by atoms with E-state index in [0.717, 1.165) is 17.9 Å². The Bertz CT molecular complexity index is 487. The van der Waals surface area contributed by atoms with Gasteiger partial charge in [-0.15, -0.1) is 0 Å². The Morgan fingerprint density at radius 2 is 2.26 bits per heavy atom. The van der Waals surface area contributed by atoms with Gasteiger partial charge in [0.25, 0.3) is 0 Å². The summed E-state index contributed by atoms with van der Waals surface area (Å²) in [5, 5.41) is 4.01. The fourth-order valence-corrected chi connectivity index (χ4v) is 3.12. The molecule has 3 nitrogen and oxygen atoms in total. The molecule has 1 saturated heterocycles. The number of hydrogen-bond acceptors (Lipinski definition) is 2. The second kappa shape index (κ2) is 5.14. The van der Waals surface area contributed by atoms with Crippen molar-refractivity contribution in [1.82, 2.24) is 10.2 Å². The standard InChI is InChI=1S/C15H19ClN2O/c1-10(7-11-5-6-11)18-14(19)9-17-15(18)12-3-2-4-13(16)8-12/h2-4,8,10-11,15,17H,5-7,9H2,1H3. The van der Waals surface area contributed by atoms with E-state index in [1.807, 2.05) is 29.2 Å². The summed E-state index contributed by atoms with van der Waals surface area (Å²) in [6, 6.07) is 8.05. The fraction of sp³-hybridized carbons (Fsp3) is 0.533. The Morgan fingerprint density at radius 1 is 1.47 bits per heavy atom. The number of nitrogens with one attached hydrogen (secondary N) is 1. The lowest BCUT2D eigenvalue weighted by Crippen LogP contribution is -2.38. The van der Waals surface area contributed by atoms with Gasteiger partial charge in [-0.1, -0.05) is 36.6 Å². The molecule has 4 heteroatoms. The summed E-state index contributed by atoms with van der Waals surface area (Å²) in [6.45, 7) is 2.58. The smallest absolute Gasteiger partial charge is 0.238 e. The molecule has 0 radical (unpaired) electrons. The Labute approximate surface area is 118 Å². The van der Waals surface area contributed by atoms with Gasteiger partial charge in [-0.3, -0.25) is 10.1 Å². The molecule has 1 N–H and O–H groups in total. The lowest BCUT2D eigenvalue weighted by molar-refractivity contribution is -0.130. The van der Waals surface area contributed by atoms with Crippen molar-refractivity contribution in [3.8, 4) is 0 Å². The van der Waals surface area contributed by atoms with Crippen LogP contribution in [-0.4, -0.2) is 23.4 Å². The second-order valence-electron chi connectivity index (χ2n) is 5.67. The molecule has 1 aliphatic heterocycles. The minimum atomic E-state index is -0.0278. The number of hydrogen-bond donors (Lipinski definition) is 1. The largest absolute Gasteiger partial charge is 0.319 e. The van der Waals surface area contributed by atoms with Crippen LogP contribution in [0, 0.1) is 5.92 Å². The van der Waals surface area contributed by atoms with Gasteiger partial charge in [-0.25, -0.2) is 0 Å². The molecular weight excluding hydrogens is 260 g/mol. The van der Waals surface area contributed by atoms with Crippen LogP contribution in [0.15, 0.2) is 24.3 Å². The minimum Gasteiger partial charge on any atom is -0.319 e. The number of rotatable bonds is 4. The van der Waals surface area contributed by atoms with Crippen molar-refractivity contribution in [1.29, 1.82) is 0 Å². The Hall–Kier alpha value is -1.06. The van der Waals surface area contributed by atoms with E-state index >= 15 is 0 Å². The van der Waals surface area contributed by atoms with Crippen LogP contribution in [0.5, 0.6) is 0 Å². The van der Waals surface area contributed by atoms with Crippen LogP contribution in [0.3, 0.4) is 0 Å². The van der Waals surface area contributed by atoms with E-state index < -0.39 is 0 Å². The first-order valence-corrected chi connectivity index (χ1v) is 7.33. The van der Waals surface area contributed by atoms with Crippen molar-refractivity contribution in [2.45, 2.75) is 38.4 Å². The molecular formula is C15H19ClN2O. The minimum absolute atomic E-state index is 0.0278. The van der Waals surface area contributed by atoms with Gasteiger partial charge in [-0.2, -0.15) is 0 Å². The molecule has 2 aliphatic rings. The number of nitrogens with zero attached hydrogens (tertiary/aromatic N) is 1. The number of carbonyl (C=O) groups excluding carboxylic acids is 1. The van der Waals surface area contributed by atoms with Crippen LogP contribution < -0.4 is 5.32 Å². The molecule has 1 aromatic rings. The van der Waals surface area contributed by atoms with Gasteiger partial charge < -0.3 is 4.90 Å². The van der Waals surface area contributed by atoms with Gasteiger partial charge in [0.15, 0.2) is 0 Å². The molecule has 3 rings (SSSR count). The maximum atomic E-state index is 12.1. The molecule has 1 aliphatic carbocycles. The van der Waals surface area contributed by atoms with Gasteiger partial charge >= 0.3 is 0 Å². The van der Waals surface area contributed by atoms with E-state index in [4.69, 9.17) is 11.6 Å². The van der Waals surface area contributed by atoms with Crippen LogP contribution >= 0.6 is 11.6 Å². The fourth-order valence-electron chi connectivity index (χ4n) is 2.92.